The van der Waals surface area contributed by atoms with Gasteiger partial charge in [-0.3, -0.25) is 0 Å². The zero-order valence-electron chi connectivity index (χ0n) is 8.20. The van der Waals surface area contributed by atoms with Crippen LogP contribution in [0.3, 0.4) is 0 Å². The predicted molar refractivity (Wildman–Crippen MR) is 56.3 cm³/mol. The monoisotopic (exact) mass is 193 g/mol. The van der Waals surface area contributed by atoms with Gasteiger partial charge in [-0.1, -0.05) is 35.0 Å². The van der Waals surface area contributed by atoms with Crippen LogP contribution in [0.1, 0.15) is 11.1 Å². The molecule has 0 saturated carbocycles. The molecule has 0 aliphatic heterocycles. The summed E-state index contributed by atoms with van der Waals surface area (Å²) < 4.78 is 0. The summed E-state index contributed by atoms with van der Waals surface area (Å²) in [7, 11) is 0. The number of aryl methyl sites for hydroxylation is 1. The SMILES string of the molecule is Cc1cccc(CNCC(N)=NO)c1. The lowest BCUT2D eigenvalue weighted by Gasteiger charge is -2.04. The summed E-state index contributed by atoms with van der Waals surface area (Å²) in [4.78, 5) is 0. The molecule has 76 valence electrons. The Kier molecular flexibility index (Phi) is 3.94. The number of nitrogens with two attached hydrogens (primary N) is 1. The second-order valence-corrected chi connectivity index (χ2v) is 3.18. The fourth-order valence-electron chi connectivity index (χ4n) is 1.19. The van der Waals surface area contributed by atoms with E-state index in [4.69, 9.17) is 10.9 Å². The van der Waals surface area contributed by atoms with Gasteiger partial charge in [0, 0.05) is 6.54 Å². The molecule has 4 heteroatoms. The van der Waals surface area contributed by atoms with Gasteiger partial charge in [-0.05, 0) is 12.5 Å². The molecule has 4 nitrogen and oxygen atoms in total. The lowest BCUT2D eigenvalue weighted by molar-refractivity contribution is 0.317. The van der Waals surface area contributed by atoms with E-state index in [1.165, 1.54) is 11.1 Å². The van der Waals surface area contributed by atoms with E-state index in [2.05, 4.69) is 16.5 Å². The number of hydrogen-bond donors (Lipinski definition) is 3. The average molecular weight is 193 g/mol. The van der Waals surface area contributed by atoms with Crippen LogP contribution in [0.2, 0.25) is 0 Å². The van der Waals surface area contributed by atoms with E-state index >= 15 is 0 Å². The van der Waals surface area contributed by atoms with Crippen LogP contribution in [-0.4, -0.2) is 17.6 Å². The molecule has 0 aromatic heterocycles. The van der Waals surface area contributed by atoms with E-state index in [-0.39, 0.29) is 5.84 Å². The molecule has 0 bridgehead atoms. The summed E-state index contributed by atoms with van der Waals surface area (Å²) in [5.41, 5.74) is 7.72. The van der Waals surface area contributed by atoms with Crippen molar-refractivity contribution in [2.24, 2.45) is 10.9 Å². The highest BCUT2D eigenvalue weighted by atomic mass is 16.4. The van der Waals surface area contributed by atoms with E-state index in [1.807, 2.05) is 25.1 Å². The molecular formula is C10H15N3O. The number of nitrogens with one attached hydrogen (secondary N) is 1. The highest BCUT2D eigenvalue weighted by Gasteiger charge is 1.94. The third-order valence-corrected chi connectivity index (χ3v) is 1.85. The largest absolute Gasteiger partial charge is 0.409 e. The molecule has 0 radical (unpaired) electrons. The number of rotatable bonds is 4. The third kappa shape index (κ3) is 3.45. The molecule has 0 atom stereocenters. The van der Waals surface area contributed by atoms with Crippen molar-refractivity contribution in [1.82, 2.24) is 5.32 Å². The third-order valence-electron chi connectivity index (χ3n) is 1.85. The summed E-state index contributed by atoms with van der Waals surface area (Å²) in [5, 5.41) is 14.2. The Hall–Kier alpha value is -1.55. The normalized spacial score (nSPS) is 11.6. The van der Waals surface area contributed by atoms with Gasteiger partial charge in [0.05, 0.1) is 6.54 Å². The molecular weight excluding hydrogens is 178 g/mol. The first kappa shape index (κ1) is 10.5. The molecule has 0 saturated heterocycles. The molecule has 1 aromatic carbocycles. The second kappa shape index (κ2) is 5.24. The van der Waals surface area contributed by atoms with Crippen molar-refractivity contribution < 1.29 is 5.21 Å². The fourth-order valence-corrected chi connectivity index (χ4v) is 1.19. The van der Waals surface area contributed by atoms with Crippen molar-refractivity contribution in [1.29, 1.82) is 0 Å². The molecule has 1 rings (SSSR count). The lowest BCUT2D eigenvalue weighted by Crippen LogP contribution is -2.28. The van der Waals surface area contributed by atoms with Gasteiger partial charge < -0.3 is 16.3 Å². The van der Waals surface area contributed by atoms with Crippen molar-refractivity contribution in [2.45, 2.75) is 13.5 Å². The molecule has 0 unspecified atom stereocenters. The molecule has 1 aromatic rings. The second-order valence-electron chi connectivity index (χ2n) is 3.18. The van der Waals surface area contributed by atoms with Crippen molar-refractivity contribution in [3.63, 3.8) is 0 Å². The molecule has 0 fully saturated rings. The maximum Gasteiger partial charge on any atom is 0.153 e. The smallest absolute Gasteiger partial charge is 0.153 e. The van der Waals surface area contributed by atoms with Crippen molar-refractivity contribution in [2.75, 3.05) is 6.54 Å². The van der Waals surface area contributed by atoms with E-state index < -0.39 is 0 Å². The van der Waals surface area contributed by atoms with Gasteiger partial charge in [0.25, 0.3) is 0 Å². The molecule has 4 N–H and O–H groups in total. The Morgan fingerprint density at radius 2 is 2.36 bits per heavy atom. The Morgan fingerprint density at radius 1 is 1.57 bits per heavy atom. The number of hydrogen-bond acceptors (Lipinski definition) is 3. The molecule has 0 aliphatic carbocycles. The fraction of sp³-hybridized carbons (Fsp3) is 0.300. The van der Waals surface area contributed by atoms with Gasteiger partial charge >= 0.3 is 0 Å². The van der Waals surface area contributed by atoms with Gasteiger partial charge in [-0.15, -0.1) is 0 Å². The molecule has 0 spiro atoms. The molecule has 14 heavy (non-hydrogen) atoms. The van der Waals surface area contributed by atoms with Crippen molar-refractivity contribution in [3.05, 3.63) is 35.4 Å². The van der Waals surface area contributed by atoms with E-state index in [9.17, 15) is 0 Å². The summed E-state index contributed by atoms with van der Waals surface area (Å²) >= 11 is 0. The minimum atomic E-state index is 0.192. The van der Waals surface area contributed by atoms with Crippen LogP contribution in [0.4, 0.5) is 0 Å². The molecule has 0 heterocycles. The van der Waals surface area contributed by atoms with Gasteiger partial charge in [0.2, 0.25) is 0 Å². The Bertz CT molecular complexity index is 323. The van der Waals surface area contributed by atoms with Crippen molar-refractivity contribution in [3.8, 4) is 0 Å². The van der Waals surface area contributed by atoms with Crippen LogP contribution in [0, 0.1) is 6.92 Å². The lowest BCUT2D eigenvalue weighted by atomic mass is 10.1. The first-order valence-electron chi connectivity index (χ1n) is 4.45. The van der Waals surface area contributed by atoms with Gasteiger partial charge in [0.1, 0.15) is 0 Å². The van der Waals surface area contributed by atoms with E-state index in [0.717, 1.165) is 6.54 Å². The maximum atomic E-state index is 8.30. The Labute approximate surface area is 83.4 Å². The zero-order valence-corrected chi connectivity index (χ0v) is 8.20. The summed E-state index contributed by atoms with van der Waals surface area (Å²) in [6.45, 7) is 3.16. The summed E-state index contributed by atoms with van der Waals surface area (Å²) in [5.74, 6) is 0.192. The minimum Gasteiger partial charge on any atom is -0.409 e. The van der Waals surface area contributed by atoms with Crippen LogP contribution in [0.5, 0.6) is 0 Å². The topological polar surface area (TPSA) is 70.6 Å². The first-order chi connectivity index (χ1) is 6.72. The first-order valence-corrected chi connectivity index (χ1v) is 4.45. The average Bonchev–Trinajstić information content (AvgIpc) is 2.17. The highest BCUT2D eigenvalue weighted by Crippen LogP contribution is 2.02. The summed E-state index contributed by atoms with van der Waals surface area (Å²) in [6, 6.07) is 8.19. The van der Waals surface area contributed by atoms with Crippen LogP contribution in [0.25, 0.3) is 0 Å². The Balaban J connectivity index is 2.39. The predicted octanol–water partition coefficient (Wildman–Crippen LogP) is 0.831. The van der Waals surface area contributed by atoms with Crippen LogP contribution in [0.15, 0.2) is 29.4 Å². The highest BCUT2D eigenvalue weighted by molar-refractivity contribution is 5.81. The molecule has 0 aliphatic rings. The minimum absolute atomic E-state index is 0.192. The number of benzene rings is 1. The van der Waals surface area contributed by atoms with Crippen LogP contribution >= 0.6 is 0 Å². The van der Waals surface area contributed by atoms with Gasteiger partial charge in [-0.25, -0.2) is 0 Å². The zero-order chi connectivity index (χ0) is 10.4. The Morgan fingerprint density at radius 3 is 3.00 bits per heavy atom. The molecule has 0 amide bonds. The maximum absolute atomic E-state index is 8.30. The summed E-state index contributed by atoms with van der Waals surface area (Å²) in [6.07, 6.45) is 0. The number of nitrogens with zero attached hydrogens (tertiary/aromatic N) is 1. The quantitative estimate of drug-likeness (QED) is 0.287. The van der Waals surface area contributed by atoms with Crippen LogP contribution in [-0.2, 0) is 6.54 Å². The van der Waals surface area contributed by atoms with Crippen molar-refractivity contribution >= 4 is 5.84 Å². The van der Waals surface area contributed by atoms with Gasteiger partial charge in [-0.2, -0.15) is 0 Å². The number of amidine groups is 1. The number of oxime groups is 1. The standard InChI is InChI=1S/C10H15N3O/c1-8-3-2-4-9(5-8)6-12-7-10(11)13-14/h2-5,12,14H,6-7H2,1H3,(H2,11,13). The van der Waals surface area contributed by atoms with Gasteiger partial charge in [0.15, 0.2) is 5.84 Å². The van der Waals surface area contributed by atoms with E-state index in [0.29, 0.717) is 6.54 Å². The van der Waals surface area contributed by atoms with Crippen LogP contribution < -0.4 is 11.1 Å². The van der Waals surface area contributed by atoms with E-state index in [1.54, 1.807) is 0 Å².